The lowest BCUT2D eigenvalue weighted by molar-refractivity contribution is -0.121. The fraction of sp³-hybridized carbons (Fsp3) is 0.300. The molecular formula is C20H21NO5S2. The summed E-state index contributed by atoms with van der Waals surface area (Å²) in [5.74, 6) is -0.649. The predicted octanol–water partition coefficient (Wildman–Crippen LogP) is 2.79. The van der Waals surface area contributed by atoms with E-state index in [9.17, 15) is 18.0 Å². The van der Waals surface area contributed by atoms with Crippen molar-refractivity contribution in [1.29, 1.82) is 0 Å². The molecule has 3 rings (SSSR count). The summed E-state index contributed by atoms with van der Waals surface area (Å²) >= 11 is 1.37. The van der Waals surface area contributed by atoms with Gasteiger partial charge in [0, 0.05) is 22.9 Å². The number of para-hydroxylation sites is 1. The molecule has 0 N–H and O–H groups in total. The first-order valence-electron chi connectivity index (χ1n) is 8.80. The second-order valence-corrected chi connectivity index (χ2v) is 10.1. The Morgan fingerprint density at radius 2 is 1.79 bits per heavy atom. The SMILES string of the molecule is CN(C(=O)COC(=O)c1ccccc1S[C@H]1CCS(=O)(=O)C1)c1ccccc1. The Labute approximate surface area is 168 Å². The number of hydrogen-bond donors (Lipinski definition) is 0. The van der Waals surface area contributed by atoms with Gasteiger partial charge in [-0.1, -0.05) is 30.3 Å². The van der Waals surface area contributed by atoms with Crippen molar-refractivity contribution < 1.29 is 22.7 Å². The second kappa shape index (κ2) is 8.79. The van der Waals surface area contributed by atoms with Crippen LogP contribution in [0.1, 0.15) is 16.8 Å². The van der Waals surface area contributed by atoms with Gasteiger partial charge in [0.25, 0.3) is 5.91 Å². The Bertz CT molecular complexity index is 960. The molecule has 0 bridgehead atoms. The molecule has 0 radical (unpaired) electrons. The van der Waals surface area contributed by atoms with Crippen molar-refractivity contribution in [2.75, 3.05) is 30.1 Å². The van der Waals surface area contributed by atoms with Crippen molar-refractivity contribution in [3.05, 3.63) is 60.2 Å². The van der Waals surface area contributed by atoms with Gasteiger partial charge in [0.15, 0.2) is 16.4 Å². The van der Waals surface area contributed by atoms with Crippen LogP contribution in [0.3, 0.4) is 0 Å². The number of esters is 1. The zero-order chi connectivity index (χ0) is 20.1. The predicted molar refractivity (Wildman–Crippen MR) is 109 cm³/mol. The molecule has 8 heteroatoms. The molecule has 28 heavy (non-hydrogen) atoms. The van der Waals surface area contributed by atoms with Gasteiger partial charge in [0.1, 0.15) is 0 Å². The molecule has 2 aromatic rings. The van der Waals surface area contributed by atoms with Crippen LogP contribution in [0.15, 0.2) is 59.5 Å². The van der Waals surface area contributed by atoms with Gasteiger partial charge in [-0.2, -0.15) is 0 Å². The molecule has 0 unspecified atom stereocenters. The number of anilines is 1. The van der Waals surface area contributed by atoms with Crippen LogP contribution in [-0.2, 0) is 19.4 Å². The first kappa shape index (κ1) is 20.4. The van der Waals surface area contributed by atoms with Crippen LogP contribution in [0.5, 0.6) is 0 Å². The third-order valence-electron chi connectivity index (χ3n) is 4.44. The molecule has 0 aliphatic carbocycles. The number of likely N-dealkylation sites (N-methyl/N-ethyl adjacent to an activating group) is 1. The van der Waals surface area contributed by atoms with E-state index in [2.05, 4.69) is 0 Å². The highest BCUT2D eigenvalue weighted by molar-refractivity contribution is 8.02. The van der Waals surface area contributed by atoms with E-state index in [1.54, 1.807) is 43.4 Å². The number of nitrogens with zero attached hydrogens (tertiary/aromatic N) is 1. The van der Waals surface area contributed by atoms with E-state index in [0.717, 1.165) is 0 Å². The van der Waals surface area contributed by atoms with Crippen molar-refractivity contribution >= 4 is 39.2 Å². The topological polar surface area (TPSA) is 80.8 Å². The van der Waals surface area contributed by atoms with Crippen molar-refractivity contribution in [2.45, 2.75) is 16.6 Å². The van der Waals surface area contributed by atoms with Crippen LogP contribution in [0.4, 0.5) is 5.69 Å². The highest BCUT2D eigenvalue weighted by Gasteiger charge is 2.29. The lowest BCUT2D eigenvalue weighted by Crippen LogP contribution is -2.31. The second-order valence-electron chi connectivity index (χ2n) is 6.50. The van der Waals surface area contributed by atoms with Gasteiger partial charge in [-0.25, -0.2) is 13.2 Å². The summed E-state index contributed by atoms with van der Waals surface area (Å²) in [6.07, 6.45) is 0.566. The Morgan fingerprint density at radius 3 is 2.46 bits per heavy atom. The lowest BCUT2D eigenvalue weighted by atomic mass is 10.2. The zero-order valence-corrected chi connectivity index (χ0v) is 17.0. The monoisotopic (exact) mass is 419 g/mol. The molecular weight excluding hydrogens is 398 g/mol. The summed E-state index contributed by atoms with van der Waals surface area (Å²) in [5, 5.41) is -0.0789. The number of sulfone groups is 1. The molecule has 1 amide bonds. The van der Waals surface area contributed by atoms with E-state index in [-0.39, 0.29) is 29.3 Å². The van der Waals surface area contributed by atoms with Gasteiger partial charge >= 0.3 is 5.97 Å². The fourth-order valence-electron chi connectivity index (χ4n) is 2.87. The largest absolute Gasteiger partial charge is 0.452 e. The summed E-state index contributed by atoms with van der Waals surface area (Å²) in [6, 6.07) is 16.0. The number of amides is 1. The molecule has 1 fully saturated rings. The smallest absolute Gasteiger partial charge is 0.339 e. The average molecular weight is 420 g/mol. The van der Waals surface area contributed by atoms with Crippen LogP contribution in [0, 0.1) is 0 Å². The maximum absolute atomic E-state index is 12.5. The quantitative estimate of drug-likeness (QED) is 0.670. The summed E-state index contributed by atoms with van der Waals surface area (Å²) in [4.78, 5) is 26.9. The van der Waals surface area contributed by atoms with Crippen LogP contribution in [0.2, 0.25) is 0 Å². The van der Waals surface area contributed by atoms with Gasteiger partial charge in [0.2, 0.25) is 0 Å². The summed E-state index contributed by atoms with van der Waals surface area (Å²) < 4.78 is 28.5. The number of hydrogen-bond acceptors (Lipinski definition) is 6. The molecule has 0 saturated carbocycles. The molecule has 0 spiro atoms. The van der Waals surface area contributed by atoms with Crippen LogP contribution in [-0.4, -0.2) is 50.7 Å². The first-order chi connectivity index (χ1) is 13.4. The summed E-state index contributed by atoms with van der Waals surface area (Å²) in [6.45, 7) is -0.374. The summed E-state index contributed by atoms with van der Waals surface area (Å²) in [5.41, 5.74) is 1.05. The molecule has 0 aromatic heterocycles. The Balaban J connectivity index is 1.62. The minimum atomic E-state index is -2.99. The molecule has 2 aromatic carbocycles. The van der Waals surface area contributed by atoms with Gasteiger partial charge in [0.05, 0.1) is 17.1 Å². The molecule has 1 heterocycles. The van der Waals surface area contributed by atoms with Gasteiger partial charge in [-0.05, 0) is 30.7 Å². The van der Waals surface area contributed by atoms with Crippen LogP contribution < -0.4 is 4.90 Å². The van der Waals surface area contributed by atoms with Gasteiger partial charge < -0.3 is 9.64 Å². The third kappa shape index (κ3) is 5.14. The van der Waals surface area contributed by atoms with E-state index in [1.165, 1.54) is 16.7 Å². The Hall–Kier alpha value is -2.32. The minimum absolute atomic E-state index is 0.0789. The number of ether oxygens (including phenoxy) is 1. The van der Waals surface area contributed by atoms with Gasteiger partial charge in [-0.15, -0.1) is 11.8 Å². The number of carbonyl (C=O) groups is 2. The fourth-order valence-corrected chi connectivity index (χ4v) is 6.49. The number of rotatable bonds is 6. The Kier molecular flexibility index (Phi) is 6.41. The third-order valence-corrected chi connectivity index (χ3v) is 7.76. The molecule has 6 nitrogen and oxygen atoms in total. The van der Waals surface area contributed by atoms with Crippen molar-refractivity contribution in [1.82, 2.24) is 0 Å². The molecule has 1 aliphatic heterocycles. The van der Waals surface area contributed by atoms with Crippen molar-refractivity contribution in [3.8, 4) is 0 Å². The molecule has 1 saturated heterocycles. The summed E-state index contributed by atoms with van der Waals surface area (Å²) in [7, 11) is -1.37. The lowest BCUT2D eigenvalue weighted by Gasteiger charge is -2.17. The van der Waals surface area contributed by atoms with E-state index in [1.807, 2.05) is 18.2 Å². The van der Waals surface area contributed by atoms with Crippen molar-refractivity contribution in [3.63, 3.8) is 0 Å². The normalized spacial score (nSPS) is 17.8. The molecule has 1 atom stereocenters. The molecule has 1 aliphatic rings. The van der Waals surface area contributed by atoms with Crippen molar-refractivity contribution in [2.24, 2.45) is 0 Å². The minimum Gasteiger partial charge on any atom is -0.452 e. The number of benzene rings is 2. The van der Waals surface area contributed by atoms with Gasteiger partial charge in [-0.3, -0.25) is 4.79 Å². The number of thioether (sulfide) groups is 1. The van der Waals surface area contributed by atoms with E-state index in [0.29, 0.717) is 22.6 Å². The zero-order valence-electron chi connectivity index (χ0n) is 15.4. The highest BCUT2D eigenvalue weighted by atomic mass is 32.2. The Morgan fingerprint density at radius 1 is 1.11 bits per heavy atom. The van der Waals surface area contributed by atoms with E-state index < -0.39 is 15.8 Å². The maximum atomic E-state index is 12.5. The standard InChI is InChI=1S/C20H21NO5S2/c1-21(15-7-3-2-4-8-15)19(22)13-26-20(23)17-9-5-6-10-18(17)27-16-11-12-28(24,25)14-16/h2-10,16H,11-14H2,1H3/t16-/m0/s1. The maximum Gasteiger partial charge on any atom is 0.339 e. The van der Waals surface area contributed by atoms with E-state index >= 15 is 0 Å². The van der Waals surface area contributed by atoms with E-state index in [4.69, 9.17) is 4.74 Å². The van der Waals surface area contributed by atoms with Crippen LogP contribution >= 0.6 is 11.8 Å². The number of carbonyl (C=O) groups excluding carboxylic acids is 2. The molecule has 148 valence electrons. The average Bonchev–Trinajstić information content (AvgIpc) is 3.04. The highest BCUT2D eigenvalue weighted by Crippen LogP contribution is 2.33. The van der Waals surface area contributed by atoms with Crippen LogP contribution in [0.25, 0.3) is 0 Å². The first-order valence-corrected chi connectivity index (χ1v) is 11.5.